The number of aliphatic hydroxyl groups is 3. The van der Waals surface area contributed by atoms with Crippen LogP contribution in [0.5, 0.6) is 0 Å². The second-order valence-electron chi connectivity index (χ2n) is 13.0. The van der Waals surface area contributed by atoms with Crippen molar-refractivity contribution in [3.8, 4) is 0 Å². The molecule has 2 unspecified atom stereocenters. The van der Waals surface area contributed by atoms with Crippen molar-refractivity contribution in [1.29, 1.82) is 0 Å². The van der Waals surface area contributed by atoms with E-state index in [0.717, 1.165) is 0 Å². The molecule has 0 aromatic carbocycles. The highest BCUT2D eigenvalue weighted by Crippen LogP contribution is 2.45. The van der Waals surface area contributed by atoms with Crippen LogP contribution in [0, 0.1) is 23.7 Å². The Hall–Kier alpha value is -1.40. The molecule has 2 saturated heterocycles. The number of allylic oxidation sites excluding steroid dienone is 1. The molecule has 0 aromatic rings. The monoisotopic (exact) mass is 583 g/mol. The molecule has 3 aliphatic heterocycles. The van der Waals surface area contributed by atoms with Gasteiger partial charge >= 0.3 is 5.97 Å². The highest BCUT2D eigenvalue weighted by molar-refractivity contribution is 5.91. The number of carbonyl (C=O) groups excluding carboxylic acids is 2. The van der Waals surface area contributed by atoms with E-state index in [-0.39, 0.29) is 48.9 Å². The van der Waals surface area contributed by atoms with Gasteiger partial charge in [0.25, 0.3) is 0 Å². The molecular formula is C31H53NO9. The van der Waals surface area contributed by atoms with Gasteiger partial charge in [-0.1, -0.05) is 27.7 Å². The van der Waals surface area contributed by atoms with Gasteiger partial charge in [0, 0.05) is 30.4 Å². The van der Waals surface area contributed by atoms with E-state index in [2.05, 4.69) is 0 Å². The SMILES string of the molecule is CC[C@H]1OC(=O)C[C@@H](O)[C@H](C)[C@@H](O[C@H]2O[C@H](C)C[C@H](N(C)C)[C@H]2O)[C@@H](CCO)C[C@@H](C)C(=O)/C=C/C2(C)OC2[C@@H]1C. The van der Waals surface area contributed by atoms with E-state index in [1.807, 2.05) is 53.6 Å². The first kappa shape index (κ1) is 34.1. The highest BCUT2D eigenvalue weighted by atomic mass is 16.7. The van der Waals surface area contributed by atoms with Crippen molar-refractivity contribution in [3.63, 3.8) is 0 Å². The zero-order valence-electron chi connectivity index (χ0n) is 26.1. The van der Waals surface area contributed by atoms with Crippen LogP contribution in [0.25, 0.3) is 0 Å². The van der Waals surface area contributed by atoms with Crippen LogP contribution in [-0.2, 0) is 28.5 Å². The summed E-state index contributed by atoms with van der Waals surface area (Å²) in [5, 5.41) is 32.5. The van der Waals surface area contributed by atoms with Crippen LogP contribution in [-0.4, -0.2) is 107 Å². The summed E-state index contributed by atoms with van der Waals surface area (Å²) in [5.41, 5.74) is -0.621. The van der Waals surface area contributed by atoms with E-state index in [0.29, 0.717) is 25.7 Å². The Morgan fingerprint density at radius 3 is 2.39 bits per heavy atom. The summed E-state index contributed by atoms with van der Waals surface area (Å²) in [7, 11) is 3.78. The maximum absolute atomic E-state index is 13.2. The molecule has 3 heterocycles. The van der Waals surface area contributed by atoms with Crippen molar-refractivity contribution >= 4 is 11.8 Å². The van der Waals surface area contributed by atoms with Gasteiger partial charge in [0.1, 0.15) is 17.8 Å². The van der Waals surface area contributed by atoms with Gasteiger partial charge in [-0.05, 0) is 71.7 Å². The number of ether oxygens (including phenoxy) is 4. The fourth-order valence-electron chi connectivity index (χ4n) is 6.59. The van der Waals surface area contributed by atoms with Crippen molar-refractivity contribution in [2.45, 2.75) is 128 Å². The number of fused-ring (bicyclic) bond motifs is 1. The van der Waals surface area contributed by atoms with Crippen LogP contribution in [0.4, 0.5) is 0 Å². The van der Waals surface area contributed by atoms with Crippen molar-refractivity contribution in [2.24, 2.45) is 23.7 Å². The zero-order chi connectivity index (χ0) is 30.6. The number of ketones is 1. The Balaban J connectivity index is 1.95. The molecule has 0 radical (unpaired) electrons. The molecule has 236 valence electrons. The van der Waals surface area contributed by atoms with Gasteiger partial charge in [-0.3, -0.25) is 9.59 Å². The summed E-state index contributed by atoms with van der Waals surface area (Å²) in [6.45, 7) is 11.2. The van der Waals surface area contributed by atoms with E-state index in [1.54, 1.807) is 19.1 Å². The molecule has 3 rings (SSSR count). The van der Waals surface area contributed by atoms with Gasteiger partial charge in [-0.25, -0.2) is 0 Å². The summed E-state index contributed by atoms with van der Waals surface area (Å²) in [4.78, 5) is 28.2. The second kappa shape index (κ2) is 14.4. The minimum absolute atomic E-state index is 0.0659. The number of aliphatic hydroxyl groups excluding tert-OH is 3. The number of hydrogen-bond donors (Lipinski definition) is 3. The standard InChI is InChI=1S/C31H53NO9/c1-9-25-20(5)29-31(6,41-29)12-10-23(34)17(2)14-21(11-13-33)28(19(4)24(35)16-26(36)39-25)40-30-27(37)22(32(7)8)15-18(3)38-30/h10,12,17-22,24-25,27-30,33,35,37H,9,11,13-16H2,1-8H3/b12-10+/t17-,18-,19+,20-,21+,22+,24-,25-,27-,28-,29?,30-,31?/m1/s1. The lowest BCUT2D eigenvalue weighted by Gasteiger charge is -2.44. The fourth-order valence-corrected chi connectivity index (χ4v) is 6.59. The first-order chi connectivity index (χ1) is 19.2. The van der Waals surface area contributed by atoms with Crippen LogP contribution in [0.1, 0.15) is 73.6 Å². The topological polar surface area (TPSA) is 138 Å². The summed E-state index contributed by atoms with van der Waals surface area (Å²) in [5.74, 6) is -2.04. The summed E-state index contributed by atoms with van der Waals surface area (Å²) in [6, 6.07) is -0.199. The minimum Gasteiger partial charge on any atom is -0.462 e. The summed E-state index contributed by atoms with van der Waals surface area (Å²) >= 11 is 0. The van der Waals surface area contributed by atoms with Gasteiger partial charge < -0.3 is 39.2 Å². The molecular weight excluding hydrogens is 530 g/mol. The van der Waals surface area contributed by atoms with Crippen LogP contribution in [0.2, 0.25) is 0 Å². The Kier molecular flexibility index (Phi) is 12.0. The van der Waals surface area contributed by atoms with Crippen molar-refractivity contribution < 1.29 is 43.9 Å². The van der Waals surface area contributed by atoms with Crippen molar-refractivity contribution in [2.75, 3.05) is 20.7 Å². The van der Waals surface area contributed by atoms with E-state index < -0.39 is 54.1 Å². The highest BCUT2D eigenvalue weighted by Gasteiger charge is 2.55. The maximum Gasteiger partial charge on any atom is 0.308 e. The lowest BCUT2D eigenvalue weighted by Crippen LogP contribution is -2.56. The molecule has 10 nitrogen and oxygen atoms in total. The average molecular weight is 584 g/mol. The van der Waals surface area contributed by atoms with E-state index in [1.165, 1.54) is 0 Å². The first-order valence-corrected chi connectivity index (χ1v) is 15.3. The molecule has 0 aromatic heterocycles. The number of carbonyl (C=O) groups is 2. The van der Waals surface area contributed by atoms with Gasteiger partial charge in [0.15, 0.2) is 12.1 Å². The van der Waals surface area contributed by atoms with Crippen LogP contribution in [0.15, 0.2) is 12.2 Å². The van der Waals surface area contributed by atoms with Crippen LogP contribution >= 0.6 is 0 Å². The summed E-state index contributed by atoms with van der Waals surface area (Å²) < 4.78 is 24.3. The first-order valence-electron chi connectivity index (χ1n) is 15.3. The molecule has 10 heteroatoms. The second-order valence-corrected chi connectivity index (χ2v) is 13.0. The molecule has 0 aliphatic carbocycles. The number of cyclic esters (lactones) is 1. The quantitative estimate of drug-likeness (QED) is 0.316. The Morgan fingerprint density at radius 1 is 1.10 bits per heavy atom. The number of rotatable bonds is 6. The predicted molar refractivity (Wildman–Crippen MR) is 153 cm³/mol. The van der Waals surface area contributed by atoms with E-state index in [9.17, 15) is 24.9 Å². The number of epoxide rings is 1. The van der Waals surface area contributed by atoms with Gasteiger partial charge in [0.05, 0.1) is 30.8 Å². The lowest BCUT2D eigenvalue weighted by atomic mass is 9.79. The normalized spacial score (nSPS) is 45.7. The smallest absolute Gasteiger partial charge is 0.308 e. The number of likely N-dealkylation sites (N-methyl/N-ethyl adjacent to an activating group) is 1. The third-order valence-corrected chi connectivity index (χ3v) is 9.39. The largest absolute Gasteiger partial charge is 0.462 e. The fraction of sp³-hybridized carbons (Fsp3) is 0.871. The molecule has 0 spiro atoms. The molecule has 0 amide bonds. The van der Waals surface area contributed by atoms with Gasteiger partial charge in [-0.2, -0.15) is 0 Å². The van der Waals surface area contributed by atoms with Crippen LogP contribution < -0.4 is 0 Å². The summed E-state index contributed by atoms with van der Waals surface area (Å²) in [6.07, 6.45) is 0.468. The van der Waals surface area contributed by atoms with Crippen LogP contribution in [0.3, 0.4) is 0 Å². The van der Waals surface area contributed by atoms with Gasteiger partial charge in [0.2, 0.25) is 0 Å². The van der Waals surface area contributed by atoms with E-state index >= 15 is 0 Å². The zero-order valence-corrected chi connectivity index (χ0v) is 26.1. The van der Waals surface area contributed by atoms with Gasteiger partial charge in [-0.15, -0.1) is 0 Å². The van der Waals surface area contributed by atoms with Crippen molar-refractivity contribution in [3.05, 3.63) is 12.2 Å². The molecule has 3 N–H and O–H groups in total. The average Bonchev–Trinajstić information content (AvgIpc) is 3.60. The lowest BCUT2D eigenvalue weighted by molar-refractivity contribution is -0.283. The Bertz CT molecular complexity index is 912. The van der Waals surface area contributed by atoms with E-state index in [4.69, 9.17) is 18.9 Å². The molecule has 3 aliphatic rings. The molecule has 2 fully saturated rings. The Labute approximate surface area is 245 Å². The number of hydrogen-bond acceptors (Lipinski definition) is 10. The van der Waals surface area contributed by atoms with Crippen molar-refractivity contribution in [1.82, 2.24) is 4.90 Å². The number of esters is 1. The third kappa shape index (κ3) is 8.37. The third-order valence-electron chi connectivity index (χ3n) is 9.39. The molecule has 13 atom stereocenters. The maximum atomic E-state index is 13.2. The molecule has 0 bridgehead atoms. The molecule has 0 saturated carbocycles. The number of nitrogens with zero attached hydrogens (tertiary/aromatic N) is 1. The molecule has 41 heavy (non-hydrogen) atoms. The minimum atomic E-state index is -1.12. The predicted octanol–water partition coefficient (Wildman–Crippen LogP) is 2.46. The Morgan fingerprint density at radius 2 is 1.78 bits per heavy atom.